The van der Waals surface area contributed by atoms with Gasteiger partial charge in [0.05, 0.1) is 23.6 Å². The summed E-state index contributed by atoms with van der Waals surface area (Å²) >= 11 is 0. The van der Waals surface area contributed by atoms with Crippen LogP contribution in [0.4, 0.5) is 4.79 Å². The maximum absolute atomic E-state index is 13.2. The number of aliphatic hydroxyl groups is 1. The number of hydrogen-bond acceptors (Lipinski definition) is 9. The molecule has 0 spiro atoms. The van der Waals surface area contributed by atoms with Crippen LogP contribution in [0.25, 0.3) is 0 Å². The topological polar surface area (TPSA) is 180 Å². The van der Waals surface area contributed by atoms with Crippen molar-refractivity contribution in [3.63, 3.8) is 0 Å². The number of aliphatic hydroxyl groups excluding tert-OH is 1. The second-order valence-corrected chi connectivity index (χ2v) is 9.97. The van der Waals surface area contributed by atoms with Gasteiger partial charge >= 0.3 is 6.09 Å². The Morgan fingerprint density at radius 2 is 1.79 bits per heavy atom. The molecular weight excluding hydrogens is 506 g/mol. The van der Waals surface area contributed by atoms with Crippen molar-refractivity contribution in [3.8, 4) is 0 Å². The maximum atomic E-state index is 13.2. The summed E-state index contributed by atoms with van der Waals surface area (Å²) in [6.07, 6.45) is 3.55. The SMILES string of the molecule is CO[C@@H]1C=CC=C(C)C(=O)NC2=CC(=O)C(N)=C(C[C@@H](C)C[C@@H](OC)[C@H](O)[C@H](C)C=C(C)[C@H]1OC(N)=O)C2=O. The Bertz CT molecular complexity index is 1130. The van der Waals surface area contributed by atoms with E-state index < -0.39 is 53.9 Å². The van der Waals surface area contributed by atoms with Gasteiger partial charge in [-0.05, 0) is 38.2 Å². The van der Waals surface area contributed by atoms with Gasteiger partial charge in [-0.1, -0.05) is 38.2 Å². The third-order valence-corrected chi connectivity index (χ3v) is 6.84. The molecule has 2 rings (SSSR count). The number of Topliss-reactive ketones (excluding diaryl/α,β-unsaturated/α-hetero) is 1. The van der Waals surface area contributed by atoms with E-state index in [2.05, 4.69) is 5.32 Å². The molecule has 39 heavy (non-hydrogen) atoms. The predicted octanol–water partition coefficient (Wildman–Crippen LogP) is 1.72. The summed E-state index contributed by atoms with van der Waals surface area (Å²) in [4.78, 5) is 50.1. The van der Waals surface area contributed by atoms with Gasteiger partial charge in [0.1, 0.15) is 6.10 Å². The molecule has 1 heterocycles. The molecule has 6 atom stereocenters. The highest BCUT2D eigenvalue weighted by Crippen LogP contribution is 2.28. The number of ketones is 2. The van der Waals surface area contributed by atoms with Gasteiger partial charge in [0.2, 0.25) is 11.6 Å². The molecule has 0 aromatic rings. The number of carbonyl (C=O) groups is 4. The van der Waals surface area contributed by atoms with E-state index in [4.69, 9.17) is 25.7 Å². The molecule has 1 aliphatic heterocycles. The van der Waals surface area contributed by atoms with Crippen LogP contribution in [-0.2, 0) is 28.6 Å². The summed E-state index contributed by atoms with van der Waals surface area (Å²) in [7, 11) is 2.90. The lowest BCUT2D eigenvalue weighted by molar-refractivity contribution is -0.120. The van der Waals surface area contributed by atoms with Crippen molar-refractivity contribution in [2.24, 2.45) is 23.3 Å². The lowest BCUT2D eigenvalue weighted by Gasteiger charge is -2.29. The average molecular weight is 546 g/mol. The average Bonchev–Trinajstić information content (AvgIpc) is 2.88. The zero-order valence-electron chi connectivity index (χ0n) is 23.2. The third kappa shape index (κ3) is 8.22. The van der Waals surface area contributed by atoms with E-state index in [1.54, 1.807) is 26.0 Å². The van der Waals surface area contributed by atoms with E-state index in [0.29, 0.717) is 12.0 Å². The zero-order valence-corrected chi connectivity index (χ0v) is 23.2. The summed E-state index contributed by atoms with van der Waals surface area (Å²) in [6.45, 7) is 6.89. The van der Waals surface area contributed by atoms with Crippen LogP contribution in [-0.4, -0.2) is 67.3 Å². The molecule has 0 radical (unpaired) electrons. The van der Waals surface area contributed by atoms with E-state index >= 15 is 0 Å². The van der Waals surface area contributed by atoms with Gasteiger partial charge < -0.3 is 36.1 Å². The van der Waals surface area contributed by atoms with E-state index in [0.717, 1.165) is 6.08 Å². The van der Waals surface area contributed by atoms with Gasteiger partial charge in [-0.3, -0.25) is 14.4 Å². The minimum Gasteiger partial charge on any atom is -0.439 e. The number of carbonyl (C=O) groups excluding carboxylic acids is 4. The van der Waals surface area contributed by atoms with Crippen molar-refractivity contribution in [1.29, 1.82) is 0 Å². The largest absolute Gasteiger partial charge is 0.439 e. The number of rotatable bonds is 3. The smallest absolute Gasteiger partial charge is 0.405 e. The molecule has 0 aromatic carbocycles. The van der Waals surface area contributed by atoms with Gasteiger partial charge in [0.25, 0.3) is 5.91 Å². The molecule has 11 nitrogen and oxygen atoms in total. The molecule has 0 saturated carbocycles. The van der Waals surface area contributed by atoms with Crippen LogP contribution >= 0.6 is 0 Å². The molecule has 0 fully saturated rings. The van der Waals surface area contributed by atoms with E-state index in [-0.39, 0.29) is 34.9 Å². The van der Waals surface area contributed by atoms with E-state index in [1.165, 1.54) is 33.3 Å². The van der Waals surface area contributed by atoms with Crippen molar-refractivity contribution in [2.45, 2.75) is 65.0 Å². The van der Waals surface area contributed by atoms with Crippen molar-refractivity contribution in [2.75, 3.05) is 14.2 Å². The Balaban J connectivity index is 2.58. The third-order valence-electron chi connectivity index (χ3n) is 6.84. The minimum absolute atomic E-state index is 0.104. The molecule has 0 unspecified atom stereocenters. The van der Waals surface area contributed by atoms with Crippen molar-refractivity contribution in [1.82, 2.24) is 5.32 Å². The first-order valence-corrected chi connectivity index (χ1v) is 12.6. The second kappa shape index (κ2) is 14.0. The van der Waals surface area contributed by atoms with Crippen LogP contribution in [0.1, 0.15) is 40.5 Å². The van der Waals surface area contributed by atoms with E-state index in [9.17, 15) is 24.3 Å². The summed E-state index contributed by atoms with van der Waals surface area (Å²) in [5.41, 5.74) is 11.9. The molecule has 2 aliphatic rings. The number of amides is 2. The van der Waals surface area contributed by atoms with Crippen LogP contribution in [0, 0.1) is 11.8 Å². The van der Waals surface area contributed by atoms with Crippen molar-refractivity contribution in [3.05, 3.63) is 58.5 Å². The maximum Gasteiger partial charge on any atom is 0.405 e. The molecule has 1 aliphatic carbocycles. The monoisotopic (exact) mass is 545 g/mol. The molecular formula is C28H39N3O8. The van der Waals surface area contributed by atoms with Gasteiger partial charge in [0.15, 0.2) is 6.10 Å². The summed E-state index contributed by atoms with van der Waals surface area (Å²) in [6, 6.07) is 0. The number of nitrogens with one attached hydrogen (secondary N) is 1. The Morgan fingerprint density at radius 3 is 2.38 bits per heavy atom. The van der Waals surface area contributed by atoms with Crippen LogP contribution in [0.15, 0.2) is 58.5 Å². The van der Waals surface area contributed by atoms with Crippen molar-refractivity contribution >= 4 is 23.6 Å². The first-order chi connectivity index (χ1) is 18.3. The normalized spacial score (nSPS) is 29.8. The highest BCUT2D eigenvalue weighted by atomic mass is 16.6. The predicted molar refractivity (Wildman–Crippen MR) is 144 cm³/mol. The van der Waals surface area contributed by atoms with Crippen LogP contribution < -0.4 is 16.8 Å². The Labute approximate surface area is 228 Å². The molecule has 6 N–H and O–H groups in total. The van der Waals surface area contributed by atoms with Crippen LogP contribution in [0.5, 0.6) is 0 Å². The Kier molecular flexibility index (Phi) is 11.4. The number of hydrogen-bond donors (Lipinski definition) is 4. The van der Waals surface area contributed by atoms with Gasteiger partial charge in [-0.25, -0.2) is 4.79 Å². The summed E-state index contributed by atoms with van der Waals surface area (Å²) in [5.74, 6) is -2.37. The van der Waals surface area contributed by atoms with Gasteiger partial charge in [-0.2, -0.15) is 0 Å². The molecule has 214 valence electrons. The fraction of sp³-hybridized carbons (Fsp3) is 0.500. The fourth-order valence-electron chi connectivity index (χ4n) is 4.61. The second-order valence-electron chi connectivity index (χ2n) is 9.97. The summed E-state index contributed by atoms with van der Waals surface area (Å²) in [5, 5.41) is 13.6. The Morgan fingerprint density at radius 1 is 1.13 bits per heavy atom. The summed E-state index contributed by atoms with van der Waals surface area (Å²) < 4.78 is 16.4. The number of methoxy groups -OCH3 is 2. The van der Waals surface area contributed by atoms with E-state index in [1.807, 2.05) is 6.92 Å². The highest BCUT2D eigenvalue weighted by molar-refractivity contribution is 6.23. The lowest BCUT2D eigenvalue weighted by atomic mass is 9.85. The molecule has 2 amide bonds. The minimum atomic E-state index is -1.00. The van der Waals surface area contributed by atoms with Crippen LogP contribution in [0.2, 0.25) is 0 Å². The number of fused-ring (bicyclic) bond motifs is 2. The fourth-order valence-corrected chi connectivity index (χ4v) is 4.61. The zero-order chi connectivity index (χ0) is 29.4. The standard InChI is InChI=1S/C28H39N3O8/c1-14-10-18-23(29)20(32)13-19(25(18)34)31-27(35)15(2)8-7-9-21(37-5)26(39-28(30)36)17(4)12-16(3)24(33)22(11-14)38-6/h7-9,12-14,16,21-22,24,26,33H,10-11,29H2,1-6H3,(H2,30,36)(H,31,35)/t14-,16-,21-,22-,24-,26-/m1/s1. The first kappa shape index (κ1) is 31.7. The molecule has 2 bridgehead atoms. The molecule has 0 aromatic heterocycles. The van der Waals surface area contributed by atoms with Gasteiger partial charge in [-0.15, -0.1) is 0 Å². The number of allylic oxidation sites excluding steroid dienone is 4. The van der Waals surface area contributed by atoms with Crippen LogP contribution in [0.3, 0.4) is 0 Å². The highest BCUT2D eigenvalue weighted by Gasteiger charge is 2.32. The number of primary amides is 1. The quantitative estimate of drug-likeness (QED) is 0.303. The first-order valence-electron chi connectivity index (χ1n) is 12.6. The molecule has 11 heteroatoms. The number of nitrogens with two attached hydrogens (primary N) is 2. The lowest BCUT2D eigenvalue weighted by Crippen LogP contribution is -2.37. The Hall–Kier alpha value is -3.54. The van der Waals surface area contributed by atoms with Gasteiger partial charge in [0, 0.05) is 37.4 Å². The molecule has 0 saturated heterocycles. The van der Waals surface area contributed by atoms with Crippen molar-refractivity contribution < 1.29 is 38.5 Å². The number of ether oxygens (including phenoxy) is 3.